The molecule has 1 amide bonds. The number of nitrogens with zero attached hydrogens (tertiary/aromatic N) is 3. The van der Waals surface area contributed by atoms with Gasteiger partial charge in [0.05, 0.1) is 11.3 Å². The van der Waals surface area contributed by atoms with Gasteiger partial charge in [-0.05, 0) is 56.6 Å². The summed E-state index contributed by atoms with van der Waals surface area (Å²) in [6, 6.07) is 6.65. The fraction of sp³-hybridized carbons (Fsp3) is 0.522. The maximum absolute atomic E-state index is 14.6. The number of amides is 1. The predicted molar refractivity (Wildman–Crippen MR) is 112 cm³/mol. The second-order valence-electron chi connectivity index (χ2n) is 8.42. The molecule has 154 valence electrons. The van der Waals surface area contributed by atoms with E-state index in [1.165, 1.54) is 18.9 Å². The number of carbonyl (C=O) groups excluding carboxylic acids is 1. The van der Waals surface area contributed by atoms with Crippen LogP contribution in [0.25, 0.3) is 11.3 Å². The standard InChI is InChI=1S/C23H29FN4O/c1-3-16-9-8-15(2)28(14-16)22(29)19-13-26-23(25-12-17-10-11-17)27-21(19)18-6-4-5-7-20(18)24/h4-7,13,15-17H,3,8-12,14H2,1-2H3,(H,25,26,27). The highest BCUT2D eigenvalue weighted by atomic mass is 19.1. The van der Waals surface area contributed by atoms with Gasteiger partial charge in [-0.15, -0.1) is 0 Å². The van der Waals surface area contributed by atoms with Crippen molar-refractivity contribution in [1.29, 1.82) is 0 Å². The summed E-state index contributed by atoms with van der Waals surface area (Å²) in [5.41, 5.74) is 1.08. The van der Waals surface area contributed by atoms with E-state index in [1.807, 2.05) is 4.90 Å². The fourth-order valence-electron chi connectivity index (χ4n) is 3.99. The Hall–Kier alpha value is -2.50. The van der Waals surface area contributed by atoms with E-state index in [-0.39, 0.29) is 17.8 Å². The third-order valence-electron chi connectivity index (χ3n) is 6.21. The van der Waals surface area contributed by atoms with E-state index in [9.17, 15) is 9.18 Å². The molecule has 2 heterocycles. The molecule has 2 aromatic rings. The Bertz CT molecular complexity index is 883. The molecule has 1 N–H and O–H groups in total. The van der Waals surface area contributed by atoms with Gasteiger partial charge < -0.3 is 10.2 Å². The number of rotatable bonds is 6. The minimum Gasteiger partial charge on any atom is -0.354 e. The van der Waals surface area contributed by atoms with Crippen LogP contribution in [-0.4, -0.2) is 39.9 Å². The SMILES string of the molecule is CCC1CCC(C)N(C(=O)c2cnc(NCC3CC3)nc2-c2ccccc2F)C1. The topological polar surface area (TPSA) is 58.1 Å². The molecule has 1 saturated carbocycles. The van der Waals surface area contributed by atoms with Crippen LogP contribution >= 0.6 is 0 Å². The quantitative estimate of drug-likeness (QED) is 0.765. The smallest absolute Gasteiger partial charge is 0.257 e. The molecule has 4 rings (SSSR count). The molecule has 1 aliphatic carbocycles. The summed E-state index contributed by atoms with van der Waals surface area (Å²) in [6.07, 6.45) is 7.18. The molecule has 1 aromatic heterocycles. The van der Waals surface area contributed by atoms with Crippen molar-refractivity contribution in [3.63, 3.8) is 0 Å². The van der Waals surface area contributed by atoms with Gasteiger partial charge in [0.25, 0.3) is 5.91 Å². The fourth-order valence-corrected chi connectivity index (χ4v) is 3.99. The second-order valence-corrected chi connectivity index (χ2v) is 8.42. The van der Waals surface area contributed by atoms with Gasteiger partial charge in [0.2, 0.25) is 5.95 Å². The Morgan fingerprint density at radius 3 is 2.69 bits per heavy atom. The highest BCUT2D eigenvalue weighted by Gasteiger charge is 2.31. The molecule has 2 unspecified atom stereocenters. The van der Waals surface area contributed by atoms with Crippen LogP contribution in [0.2, 0.25) is 0 Å². The number of carbonyl (C=O) groups is 1. The summed E-state index contributed by atoms with van der Waals surface area (Å²) in [4.78, 5) is 24.3. The van der Waals surface area contributed by atoms with Gasteiger partial charge in [0.15, 0.2) is 0 Å². The lowest BCUT2D eigenvalue weighted by atomic mass is 9.91. The second kappa shape index (κ2) is 8.47. The van der Waals surface area contributed by atoms with Crippen LogP contribution in [0.3, 0.4) is 0 Å². The third-order valence-corrected chi connectivity index (χ3v) is 6.21. The summed E-state index contributed by atoms with van der Waals surface area (Å²) >= 11 is 0. The van der Waals surface area contributed by atoms with Gasteiger partial charge in [-0.25, -0.2) is 14.4 Å². The minimum absolute atomic E-state index is 0.109. The average molecular weight is 397 g/mol. The lowest BCUT2D eigenvalue weighted by Crippen LogP contribution is -2.45. The Morgan fingerprint density at radius 1 is 1.21 bits per heavy atom. The lowest BCUT2D eigenvalue weighted by molar-refractivity contribution is 0.0556. The third kappa shape index (κ3) is 4.41. The normalized spacial score (nSPS) is 21.8. The Morgan fingerprint density at radius 2 is 1.97 bits per heavy atom. The number of aromatic nitrogens is 2. The first-order chi connectivity index (χ1) is 14.1. The molecular formula is C23H29FN4O. The van der Waals surface area contributed by atoms with Crippen molar-refractivity contribution in [2.75, 3.05) is 18.4 Å². The van der Waals surface area contributed by atoms with Crippen LogP contribution in [-0.2, 0) is 0 Å². The zero-order chi connectivity index (χ0) is 20.4. The first kappa shape index (κ1) is 19.8. The van der Waals surface area contributed by atoms with E-state index in [2.05, 4.69) is 29.1 Å². The monoisotopic (exact) mass is 396 g/mol. The molecule has 1 saturated heterocycles. The molecule has 2 aliphatic rings. The molecule has 1 aromatic carbocycles. The van der Waals surface area contributed by atoms with Crippen LogP contribution in [0, 0.1) is 17.7 Å². The van der Waals surface area contributed by atoms with Gasteiger partial charge in [-0.3, -0.25) is 4.79 Å². The Kier molecular flexibility index (Phi) is 5.79. The Balaban J connectivity index is 1.69. The van der Waals surface area contributed by atoms with Gasteiger partial charge in [0, 0.05) is 30.9 Å². The lowest BCUT2D eigenvalue weighted by Gasteiger charge is -2.38. The molecule has 29 heavy (non-hydrogen) atoms. The number of hydrogen-bond acceptors (Lipinski definition) is 4. The van der Waals surface area contributed by atoms with E-state index in [0.717, 1.165) is 32.4 Å². The number of hydrogen-bond donors (Lipinski definition) is 1. The zero-order valence-corrected chi connectivity index (χ0v) is 17.2. The summed E-state index contributed by atoms with van der Waals surface area (Å²) < 4.78 is 14.6. The molecule has 2 atom stereocenters. The van der Waals surface area contributed by atoms with Crippen LogP contribution in [0.1, 0.15) is 56.3 Å². The van der Waals surface area contributed by atoms with E-state index >= 15 is 0 Å². The van der Waals surface area contributed by atoms with Crippen molar-refractivity contribution in [1.82, 2.24) is 14.9 Å². The molecule has 1 aliphatic heterocycles. The minimum atomic E-state index is -0.383. The van der Waals surface area contributed by atoms with Gasteiger partial charge >= 0.3 is 0 Å². The van der Waals surface area contributed by atoms with Gasteiger partial charge in [-0.2, -0.15) is 0 Å². The van der Waals surface area contributed by atoms with E-state index in [4.69, 9.17) is 0 Å². The zero-order valence-electron chi connectivity index (χ0n) is 17.2. The van der Waals surface area contributed by atoms with Crippen molar-refractivity contribution in [2.24, 2.45) is 11.8 Å². The number of piperidine rings is 1. The molecule has 2 fully saturated rings. The van der Waals surface area contributed by atoms with Crippen LogP contribution in [0.4, 0.5) is 10.3 Å². The highest BCUT2D eigenvalue weighted by molar-refractivity contribution is 6.00. The largest absolute Gasteiger partial charge is 0.354 e. The molecule has 0 bridgehead atoms. The molecule has 6 heteroatoms. The summed E-state index contributed by atoms with van der Waals surface area (Å²) in [6.45, 7) is 5.79. The molecule has 0 radical (unpaired) electrons. The Labute approximate surface area is 171 Å². The summed E-state index contributed by atoms with van der Waals surface area (Å²) in [7, 11) is 0. The maximum Gasteiger partial charge on any atom is 0.257 e. The summed E-state index contributed by atoms with van der Waals surface area (Å²) in [5, 5.41) is 3.24. The number of halogens is 1. The van der Waals surface area contributed by atoms with Crippen molar-refractivity contribution in [2.45, 2.75) is 52.0 Å². The number of anilines is 1. The van der Waals surface area contributed by atoms with Gasteiger partial charge in [-0.1, -0.05) is 25.5 Å². The van der Waals surface area contributed by atoms with Crippen molar-refractivity contribution in [3.8, 4) is 11.3 Å². The van der Waals surface area contributed by atoms with E-state index < -0.39 is 0 Å². The first-order valence-corrected chi connectivity index (χ1v) is 10.7. The van der Waals surface area contributed by atoms with Crippen molar-refractivity contribution in [3.05, 3.63) is 41.8 Å². The van der Waals surface area contributed by atoms with Crippen molar-refractivity contribution >= 4 is 11.9 Å². The van der Waals surface area contributed by atoms with E-state index in [1.54, 1.807) is 24.4 Å². The number of likely N-dealkylation sites (tertiary alicyclic amines) is 1. The summed E-state index contributed by atoms with van der Waals surface area (Å²) in [5.74, 6) is 1.13. The van der Waals surface area contributed by atoms with Crippen LogP contribution in [0.15, 0.2) is 30.5 Å². The van der Waals surface area contributed by atoms with Gasteiger partial charge in [0.1, 0.15) is 5.82 Å². The molecule has 5 nitrogen and oxygen atoms in total. The number of benzene rings is 1. The molecule has 0 spiro atoms. The molecular weight excluding hydrogens is 367 g/mol. The number of nitrogens with one attached hydrogen (secondary N) is 1. The highest BCUT2D eigenvalue weighted by Crippen LogP contribution is 2.31. The van der Waals surface area contributed by atoms with Crippen molar-refractivity contribution < 1.29 is 9.18 Å². The van der Waals surface area contributed by atoms with Crippen LogP contribution < -0.4 is 5.32 Å². The van der Waals surface area contributed by atoms with Crippen LogP contribution in [0.5, 0.6) is 0 Å². The maximum atomic E-state index is 14.6. The predicted octanol–water partition coefficient (Wildman–Crippen LogP) is 4.76. The average Bonchev–Trinajstić information content (AvgIpc) is 3.57. The first-order valence-electron chi connectivity index (χ1n) is 10.7. The van der Waals surface area contributed by atoms with E-state index in [0.29, 0.717) is 34.6 Å².